The van der Waals surface area contributed by atoms with E-state index >= 15 is 0 Å². The van der Waals surface area contributed by atoms with Crippen LogP contribution >= 0.6 is 11.6 Å². The van der Waals surface area contributed by atoms with Crippen LogP contribution in [0.15, 0.2) is 54.7 Å². The molecular formula is C17H12ClF3N2. The second kappa shape index (κ2) is 5.74. The highest BCUT2D eigenvalue weighted by Gasteiger charge is 2.31. The summed E-state index contributed by atoms with van der Waals surface area (Å²) in [4.78, 5) is 0. The van der Waals surface area contributed by atoms with Crippen LogP contribution in [0.1, 0.15) is 11.1 Å². The Morgan fingerprint density at radius 2 is 1.70 bits per heavy atom. The molecule has 118 valence electrons. The Labute approximate surface area is 136 Å². The van der Waals surface area contributed by atoms with Crippen LogP contribution < -0.4 is 0 Å². The number of nitrogens with zero attached hydrogens (tertiary/aromatic N) is 2. The van der Waals surface area contributed by atoms with Crippen molar-refractivity contribution in [2.24, 2.45) is 0 Å². The van der Waals surface area contributed by atoms with Gasteiger partial charge in [0.05, 0.1) is 22.0 Å². The highest BCUT2D eigenvalue weighted by atomic mass is 35.5. The summed E-state index contributed by atoms with van der Waals surface area (Å²) < 4.78 is 40.2. The van der Waals surface area contributed by atoms with Crippen LogP contribution in [-0.2, 0) is 6.18 Å². The van der Waals surface area contributed by atoms with E-state index in [4.69, 9.17) is 11.6 Å². The Balaban J connectivity index is 2.02. The normalized spacial score (nSPS) is 11.7. The first-order valence-electron chi connectivity index (χ1n) is 6.84. The largest absolute Gasteiger partial charge is 0.416 e. The van der Waals surface area contributed by atoms with E-state index in [1.54, 1.807) is 16.9 Å². The molecule has 1 aromatic heterocycles. The summed E-state index contributed by atoms with van der Waals surface area (Å²) in [6, 6.07) is 12.5. The lowest BCUT2D eigenvalue weighted by Gasteiger charge is -2.09. The molecular weight excluding hydrogens is 325 g/mol. The van der Waals surface area contributed by atoms with Crippen molar-refractivity contribution >= 4 is 11.6 Å². The van der Waals surface area contributed by atoms with E-state index in [9.17, 15) is 13.2 Å². The first-order valence-corrected chi connectivity index (χ1v) is 7.22. The molecule has 0 spiro atoms. The summed E-state index contributed by atoms with van der Waals surface area (Å²) in [5.74, 6) is 0. The number of aryl methyl sites for hydroxylation is 1. The predicted octanol–water partition coefficient (Wildman–Crippen LogP) is 5.52. The van der Waals surface area contributed by atoms with Gasteiger partial charge in [-0.2, -0.15) is 18.3 Å². The van der Waals surface area contributed by atoms with Crippen LogP contribution in [0.2, 0.25) is 5.02 Å². The predicted molar refractivity (Wildman–Crippen MR) is 83.7 cm³/mol. The summed E-state index contributed by atoms with van der Waals surface area (Å²) in [6.07, 6.45) is -2.73. The molecule has 0 saturated carbocycles. The third-order valence-corrected chi connectivity index (χ3v) is 3.79. The number of alkyl halides is 3. The molecule has 6 heteroatoms. The van der Waals surface area contributed by atoms with Crippen LogP contribution in [0.25, 0.3) is 16.9 Å². The molecule has 0 fully saturated rings. The van der Waals surface area contributed by atoms with Gasteiger partial charge in [0, 0.05) is 11.8 Å². The second-order valence-electron chi connectivity index (χ2n) is 5.17. The maximum absolute atomic E-state index is 12.9. The lowest BCUT2D eigenvalue weighted by Crippen LogP contribution is -2.05. The van der Waals surface area contributed by atoms with Gasteiger partial charge >= 0.3 is 6.18 Å². The summed E-state index contributed by atoms with van der Waals surface area (Å²) in [6.45, 7) is 1.97. The lowest BCUT2D eigenvalue weighted by atomic mass is 10.1. The molecule has 0 atom stereocenters. The summed E-state index contributed by atoms with van der Waals surface area (Å²) in [5.41, 5.74) is 1.84. The van der Waals surface area contributed by atoms with Gasteiger partial charge in [0.15, 0.2) is 0 Å². The molecule has 3 rings (SSSR count). The smallest absolute Gasteiger partial charge is 0.240 e. The Morgan fingerprint density at radius 3 is 2.35 bits per heavy atom. The summed E-state index contributed by atoms with van der Waals surface area (Å²) >= 11 is 6.04. The fraction of sp³-hybridized carbons (Fsp3) is 0.118. The highest BCUT2D eigenvalue weighted by Crippen LogP contribution is 2.35. The standard InChI is InChI=1S/C17H12ClF3N2/c1-11-2-5-13(6-3-11)23-9-8-16(22-23)14-10-12(17(19,20)21)4-7-15(14)18/h2-10H,1H3. The van der Waals surface area contributed by atoms with E-state index in [0.717, 1.165) is 23.4 Å². The maximum atomic E-state index is 12.9. The van der Waals surface area contributed by atoms with Gasteiger partial charge in [0.2, 0.25) is 0 Å². The number of aromatic nitrogens is 2. The van der Waals surface area contributed by atoms with Gasteiger partial charge in [-0.1, -0.05) is 29.3 Å². The van der Waals surface area contributed by atoms with E-state index < -0.39 is 11.7 Å². The Kier molecular flexibility index (Phi) is 3.90. The summed E-state index contributed by atoms with van der Waals surface area (Å²) in [7, 11) is 0. The fourth-order valence-electron chi connectivity index (χ4n) is 2.21. The Bertz CT molecular complexity index is 836. The number of hydrogen-bond acceptors (Lipinski definition) is 1. The molecule has 0 radical (unpaired) electrons. The molecule has 0 unspecified atom stereocenters. The van der Waals surface area contributed by atoms with E-state index in [0.29, 0.717) is 5.69 Å². The first-order chi connectivity index (χ1) is 10.8. The van der Waals surface area contributed by atoms with Crippen molar-refractivity contribution in [2.75, 3.05) is 0 Å². The van der Waals surface area contributed by atoms with Gasteiger partial charge < -0.3 is 0 Å². The lowest BCUT2D eigenvalue weighted by molar-refractivity contribution is -0.137. The van der Waals surface area contributed by atoms with Gasteiger partial charge in [-0.25, -0.2) is 4.68 Å². The number of halogens is 4. The van der Waals surface area contributed by atoms with Crippen LogP contribution in [0.3, 0.4) is 0 Å². The Hall–Kier alpha value is -2.27. The van der Waals surface area contributed by atoms with Crippen molar-refractivity contribution < 1.29 is 13.2 Å². The van der Waals surface area contributed by atoms with Gasteiger partial charge in [0.1, 0.15) is 0 Å². The van der Waals surface area contributed by atoms with Crippen molar-refractivity contribution in [1.82, 2.24) is 9.78 Å². The Morgan fingerprint density at radius 1 is 1.00 bits per heavy atom. The maximum Gasteiger partial charge on any atom is 0.416 e. The van der Waals surface area contributed by atoms with Crippen molar-refractivity contribution in [3.8, 4) is 16.9 Å². The number of rotatable bonds is 2. The average molecular weight is 337 g/mol. The van der Waals surface area contributed by atoms with Gasteiger partial charge in [-0.3, -0.25) is 0 Å². The molecule has 0 amide bonds. The minimum atomic E-state index is -4.42. The number of hydrogen-bond donors (Lipinski definition) is 0. The topological polar surface area (TPSA) is 17.8 Å². The van der Waals surface area contributed by atoms with Crippen LogP contribution in [0.5, 0.6) is 0 Å². The summed E-state index contributed by atoms with van der Waals surface area (Å²) in [5, 5.41) is 4.56. The van der Waals surface area contributed by atoms with E-state index in [2.05, 4.69) is 5.10 Å². The fourth-order valence-corrected chi connectivity index (χ4v) is 2.42. The third-order valence-electron chi connectivity index (χ3n) is 3.46. The monoisotopic (exact) mass is 336 g/mol. The average Bonchev–Trinajstić information content (AvgIpc) is 2.97. The van der Waals surface area contributed by atoms with Gasteiger partial charge in [0.25, 0.3) is 0 Å². The van der Waals surface area contributed by atoms with E-state index in [1.807, 2.05) is 31.2 Å². The molecule has 0 bridgehead atoms. The highest BCUT2D eigenvalue weighted by molar-refractivity contribution is 6.33. The van der Waals surface area contributed by atoms with Crippen molar-refractivity contribution in [1.29, 1.82) is 0 Å². The molecule has 2 nitrogen and oxygen atoms in total. The molecule has 0 aliphatic heterocycles. The van der Waals surface area contributed by atoms with Gasteiger partial charge in [-0.15, -0.1) is 0 Å². The SMILES string of the molecule is Cc1ccc(-n2ccc(-c3cc(C(F)(F)F)ccc3Cl)n2)cc1. The minimum Gasteiger partial charge on any atom is -0.240 e. The van der Waals surface area contributed by atoms with Gasteiger partial charge in [-0.05, 0) is 43.3 Å². The minimum absolute atomic E-state index is 0.229. The zero-order valence-corrected chi connectivity index (χ0v) is 12.9. The molecule has 2 aromatic carbocycles. The van der Waals surface area contributed by atoms with E-state index in [-0.39, 0.29) is 10.6 Å². The molecule has 1 heterocycles. The number of benzene rings is 2. The molecule has 3 aromatic rings. The molecule has 0 saturated heterocycles. The molecule has 0 aliphatic rings. The third kappa shape index (κ3) is 3.24. The quantitative estimate of drug-likeness (QED) is 0.602. The zero-order valence-electron chi connectivity index (χ0n) is 12.1. The van der Waals surface area contributed by atoms with Crippen molar-refractivity contribution in [2.45, 2.75) is 13.1 Å². The van der Waals surface area contributed by atoms with Crippen molar-refractivity contribution in [3.05, 3.63) is 70.9 Å². The molecule has 0 aliphatic carbocycles. The first kappa shape index (κ1) is 15.6. The van der Waals surface area contributed by atoms with Crippen molar-refractivity contribution in [3.63, 3.8) is 0 Å². The van der Waals surface area contributed by atoms with E-state index in [1.165, 1.54) is 6.07 Å². The molecule has 23 heavy (non-hydrogen) atoms. The second-order valence-corrected chi connectivity index (χ2v) is 5.58. The van der Waals surface area contributed by atoms with Crippen LogP contribution in [0.4, 0.5) is 13.2 Å². The van der Waals surface area contributed by atoms with Crippen LogP contribution in [-0.4, -0.2) is 9.78 Å². The zero-order chi connectivity index (χ0) is 16.6. The van der Waals surface area contributed by atoms with Crippen LogP contribution in [0, 0.1) is 6.92 Å². The molecule has 0 N–H and O–H groups in total.